The van der Waals surface area contributed by atoms with E-state index in [-0.39, 0.29) is 13.2 Å². The van der Waals surface area contributed by atoms with Crippen molar-refractivity contribution in [3.63, 3.8) is 0 Å². The first kappa shape index (κ1) is 13.5. The number of rotatable bonds is 6. The van der Waals surface area contributed by atoms with Crippen LogP contribution in [0.3, 0.4) is 0 Å². The summed E-state index contributed by atoms with van der Waals surface area (Å²) in [6.07, 6.45) is -0.639. The highest BCUT2D eigenvalue weighted by Crippen LogP contribution is 2.13. The molecular formula is C12H17NO4. The van der Waals surface area contributed by atoms with Gasteiger partial charge in [-0.25, -0.2) is 0 Å². The Hall–Kier alpha value is -1.59. The van der Waals surface area contributed by atoms with Crippen molar-refractivity contribution in [1.29, 1.82) is 0 Å². The quantitative estimate of drug-likeness (QED) is 0.445. The lowest BCUT2D eigenvalue weighted by molar-refractivity contribution is 0.0325. The molecule has 17 heavy (non-hydrogen) atoms. The van der Waals surface area contributed by atoms with Gasteiger partial charge in [0, 0.05) is 7.11 Å². The third-order valence-electron chi connectivity index (χ3n) is 2.22. The fourth-order valence-corrected chi connectivity index (χ4v) is 1.28. The van der Waals surface area contributed by atoms with Crippen LogP contribution in [0.5, 0.6) is 5.75 Å². The number of aliphatic hydroxyl groups is 1. The largest absolute Gasteiger partial charge is 0.491 e. The predicted octanol–water partition coefficient (Wildman–Crippen LogP) is 1.27. The maximum absolute atomic E-state index is 9.39. The fourth-order valence-electron chi connectivity index (χ4n) is 1.28. The van der Waals surface area contributed by atoms with E-state index in [1.54, 1.807) is 31.2 Å². The van der Waals surface area contributed by atoms with E-state index in [4.69, 9.17) is 14.7 Å². The molecule has 0 spiro atoms. The molecule has 1 unspecified atom stereocenters. The number of hydrogen-bond acceptors (Lipinski definition) is 5. The number of ether oxygens (including phenoxy) is 2. The smallest absolute Gasteiger partial charge is 0.119 e. The van der Waals surface area contributed by atoms with Gasteiger partial charge in [0.1, 0.15) is 18.5 Å². The van der Waals surface area contributed by atoms with Gasteiger partial charge < -0.3 is 19.8 Å². The molecule has 94 valence electrons. The number of methoxy groups -OCH3 is 1. The zero-order chi connectivity index (χ0) is 12.7. The third kappa shape index (κ3) is 4.42. The molecule has 0 aliphatic carbocycles. The zero-order valence-corrected chi connectivity index (χ0v) is 9.96. The molecule has 5 nitrogen and oxygen atoms in total. The van der Waals surface area contributed by atoms with Crippen molar-refractivity contribution in [2.24, 2.45) is 5.16 Å². The molecule has 0 heterocycles. The van der Waals surface area contributed by atoms with Crippen molar-refractivity contribution in [3.05, 3.63) is 29.8 Å². The third-order valence-corrected chi connectivity index (χ3v) is 2.22. The topological polar surface area (TPSA) is 71.3 Å². The van der Waals surface area contributed by atoms with E-state index in [0.717, 1.165) is 5.56 Å². The van der Waals surface area contributed by atoms with E-state index >= 15 is 0 Å². The first-order valence-electron chi connectivity index (χ1n) is 5.26. The highest BCUT2D eigenvalue weighted by molar-refractivity contribution is 5.98. The van der Waals surface area contributed by atoms with Crippen LogP contribution in [0.2, 0.25) is 0 Å². The number of oxime groups is 1. The fraction of sp³-hybridized carbons (Fsp3) is 0.417. The van der Waals surface area contributed by atoms with Crippen LogP contribution in [0.15, 0.2) is 29.4 Å². The molecule has 0 bridgehead atoms. The summed E-state index contributed by atoms with van der Waals surface area (Å²) >= 11 is 0. The van der Waals surface area contributed by atoms with Crippen LogP contribution < -0.4 is 4.74 Å². The maximum Gasteiger partial charge on any atom is 0.119 e. The number of aliphatic hydroxyl groups excluding tert-OH is 1. The molecule has 0 saturated heterocycles. The lowest BCUT2D eigenvalue weighted by Crippen LogP contribution is -2.22. The first-order valence-corrected chi connectivity index (χ1v) is 5.26. The summed E-state index contributed by atoms with van der Waals surface area (Å²) in [6.45, 7) is 2.13. The second-order valence-corrected chi connectivity index (χ2v) is 3.63. The minimum Gasteiger partial charge on any atom is -0.491 e. The molecule has 0 fully saturated rings. The number of hydrogen-bond donors (Lipinski definition) is 2. The van der Waals surface area contributed by atoms with Crippen LogP contribution in [0.1, 0.15) is 12.5 Å². The molecule has 1 aromatic rings. The molecule has 1 atom stereocenters. The van der Waals surface area contributed by atoms with Gasteiger partial charge in [-0.15, -0.1) is 0 Å². The van der Waals surface area contributed by atoms with Gasteiger partial charge in [0.2, 0.25) is 0 Å². The molecule has 0 amide bonds. The Morgan fingerprint density at radius 2 is 1.94 bits per heavy atom. The Morgan fingerprint density at radius 1 is 1.29 bits per heavy atom. The summed E-state index contributed by atoms with van der Waals surface area (Å²) < 4.78 is 10.1. The second kappa shape index (κ2) is 6.88. The summed E-state index contributed by atoms with van der Waals surface area (Å²) in [5.74, 6) is 0.648. The Bertz CT molecular complexity index is 361. The maximum atomic E-state index is 9.39. The van der Waals surface area contributed by atoms with Gasteiger partial charge in [-0.1, -0.05) is 5.16 Å². The SMILES string of the molecule is COCC(O)COc1ccc(C(C)=NO)cc1. The van der Waals surface area contributed by atoms with Gasteiger partial charge in [-0.3, -0.25) is 0 Å². The van der Waals surface area contributed by atoms with Crippen molar-refractivity contribution >= 4 is 5.71 Å². The summed E-state index contributed by atoms with van der Waals surface area (Å²) in [5, 5.41) is 21.1. The molecule has 1 rings (SSSR count). The molecule has 2 N–H and O–H groups in total. The summed E-state index contributed by atoms with van der Waals surface area (Å²) in [5.41, 5.74) is 1.35. The molecule has 0 saturated carbocycles. The van der Waals surface area contributed by atoms with Crippen molar-refractivity contribution in [2.75, 3.05) is 20.3 Å². The van der Waals surface area contributed by atoms with Crippen molar-refractivity contribution in [2.45, 2.75) is 13.0 Å². The molecule has 1 aromatic carbocycles. The van der Waals surface area contributed by atoms with Crippen molar-refractivity contribution in [1.82, 2.24) is 0 Å². The minimum absolute atomic E-state index is 0.181. The van der Waals surface area contributed by atoms with Gasteiger partial charge in [0.15, 0.2) is 0 Å². The second-order valence-electron chi connectivity index (χ2n) is 3.63. The highest BCUT2D eigenvalue weighted by Gasteiger charge is 2.04. The van der Waals surface area contributed by atoms with E-state index in [1.165, 1.54) is 7.11 Å². The van der Waals surface area contributed by atoms with E-state index in [1.807, 2.05) is 0 Å². The Kier molecular flexibility index (Phi) is 5.45. The molecule has 0 radical (unpaired) electrons. The lowest BCUT2D eigenvalue weighted by Gasteiger charge is -2.11. The van der Waals surface area contributed by atoms with Gasteiger partial charge in [-0.05, 0) is 36.8 Å². The molecule has 5 heteroatoms. The summed E-state index contributed by atoms with van der Waals surface area (Å²) in [6, 6.07) is 7.08. The average Bonchev–Trinajstić information content (AvgIpc) is 2.36. The van der Waals surface area contributed by atoms with Gasteiger partial charge >= 0.3 is 0 Å². The van der Waals surface area contributed by atoms with Crippen LogP contribution in [-0.2, 0) is 4.74 Å². The van der Waals surface area contributed by atoms with Crippen molar-refractivity contribution in [3.8, 4) is 5.75 Å². The molecule has 0 aliphatic heterocycles. The van der Waals surface area contributed by atoms with Crippen LogP contribution >= 0.6 is 0 Å². The zero-order valence-electron chi connectivity index (χ0n) is 9.96. The predicted molar refractivity (Wildman–Crippen MR) is 63.8 cm³/mol. The Labute approximate surface area is 100 Å². The summed E-state index contributed by atoms with van der Waals surface area (Å²) in [4.78, 5) is 0. The molecular weight excluding hydrogens is 222 g/mol. The van der Waals surface area contributed by atoms with E-state index in [9.17, 15) is 5.11 Å². The minimum atomic E-state index is -0.639. The standard InChI is InChI=1S/C12H17NO4/c1-9(13-15)10-3-5-12(6-4-10)17-8-11(14)7-16-2/h3-6,11,14-15H,7-8H2,1-2H3. The van der Waals surface area contributed by atoms with Gasteiger partial charge in [0.25, 0.3) is 0 Å². The van der Waals surface area contributed by atoms with E-state index in [2.05, 4.69) is 5.16 Å². The van der Waals surface area contributed by atoms with E-state index < -0.39 is 6.10 Å². The van der Waals surface area contributed by atoms with Gasteiger partial charge in [-0.2, -0.15) is 0 Å². The molecule has 0 aliphatic rings. The van der Waals surface area contributed by atoms with Crippen LogP contribution in [-0.4, -0.2) is 42.5 Å². The Balaban J connectivity index is 2.51. The number of benzene rings is 1. The molecule has 0 aromatic heterocycles. The first-order chi connectivity index (χ1) is 8.17. The van der Waals surface area contributed by atoms with Crippen LogP contribution in [0.25, 0.3) is 0 Å². The highest BCUT2D eigenvalue weighted by atomic mass is 16.5. The van der Waals surface area contributed by atoms with Crippen LogP contribution in [0.4, 0.5) is 0 Å². The lowest BCUT2D eigenvalue weighted by atomic mass is 10.1. The monoisotopic (exact) mass is 239 g/mol. The number of nitrogens with zero attached hydrogens (tertiary/aromatic N) is 1. The summed E-state index contributed by atoms with van der Waals surface area (Å²) in [7, 11) is 1.52. The van der Waals surface area contributed by atoms with Gasteiger partial charge in [0.05, 0.1) is 12.3 Å². The average molecular weight is 239 g/mol. The van der Waals surface area contributed by atoms with Crippen molar-refractivity contribution < 1.29 is 19.8 Å². The van der Waals surface area contributed by atoms with E-state index in [0.29, 0.717) is 11.5 Å². The van der Waals surface area contributed by atoms with Crippen LogP contribution in [0, 0.1) is 0 Å². The Morgan fingerprint density at radius 3 is 2.47 bits per heavy atom. The normalized spacial score (nSPS) is 13.5.